The average molecular weight is 573 g/mol. The minimum absolute atomic E-state index is 0.120. The van der Waals surface area contributed by atoms with Crippen LogP contribution in [0.2, 0.25) is 5.04 Å². The second kappa shape index (κ2) is 10.9. The molecule has 1 aliphatic heterocycles. The molecule has 3 aromatic rings. The van der Waals surface area contributed by atoms with Crippen LogP contribution < -0.4 is 10.4 Å². The molecule has 0 saturated carbocycles. The Labute approximate surface area is 244 Å². The van der Waals surface area contributed by atoms with E-state index in [1.165, 1.54) is 10.4 Å². The van der Waals surface area contributed by atoms with Gasteiger partial charge in [-0.25, -0.2) is 4.79 Å². The Morgan fingerprint density at radius 2 is 1.37 bits per heavy atom. The van der Waals surface area contributed by atoms with Crippen LogP contribution in [0.3, 0.4) is 0 Å². The van der Waals surface area contributed by atoms with Gasteiger partial charge in [0.25, 0.3) is 8.32 Å². The quantitative estimate of drug-likeness (QED) is 0.184. The first-order chi connectivity index (χ1) is 19.4. The summed E-state index contributed by atoms with van der Waals surface area (Å²) in [6, 6.07) is 30.5. The van der Waals surface area contributed by atoms with E-state index in [2.05, 4.69) is 69.3 Å². The number of rotatable bonds is 8. The van der Waals surface area contributed by atoms with Crippen molar-refractivity contribution in [1.29, 1.82) is 0 Å². The fourth-order valence-corrected chi connectivity index (χ4v) is 10.8. The van der Waals surface area contributed by atoms with E-state index in [4.69, 9.17) is 23.4 Å². The van der Waals surface area contributed by atoms with E-state index in [9.17, 15) is 4.79 Å². The number of hydrogen-bond donors (Lipinski definition) is 0. The maximum Gasteiger partial charge on any atom is 0.509 e. The van der Waals surface area contributed by atoms with Crippen LogP contribution in [-0.2, 0) is 30.0 Å². The molecule has 0 unspecified atom stereocenters. The molecule has 0 N–H and O–H groups in total. The van der Waals surface area contributed by atoms with Crippen LogP contribution in [0.15, 0.2) is 103 Å². The first-order valence-corrected chi connectivity index (χ1v) is 16.0. The van der Waals surface area contributed by atoms with Gasteiger partial charge in [0, 0.05) is 0 Å². The third-order valence-electron chi connectivity index (χ3n) is 7.93. The Hall–Kier alpha value is -3.23. The molecule has 216 valence electrons. The molecular formula is C34H40O6Si. The summed E-state index contributed by atoms with van der Waals surface area (Å²) in [6.07, 6.45) is 2.38. The lowest BCUT2D eigenvalue weighted by Crippen LogP contribution is -2.68. The third kappa shape index (κ3) is 5.64. The molecule has 3 aromatic carbocycles. The molecule has 5 rings (SSSR count). The standard InChI is InChI=1S/C34H40O6Si/c1-31(2,3)41(27-18-12-8-13-19-27,28-20-14-9-15-21-28)37-25-34-23-22-33(6,29(34)38-32(4,5)40-34)39-30(35)36-24-26-16-10-7-11-17-26/h7-23,29H,24-25H2,1-6H3/t29-,33+,34+/m1/s1. The molecule has 0 bridgehead atoms. The van der Waals surface area contributed by atoms with Crippen LogP contribution >= 0.6 is 0 Å². The van der Waals surface area contributed by atoms with Crippen LogP contribution in [-0.4, -0.2) is 44.2 Å². The van der Waals surface area contributed by atoms with Crippen molar-refractivity contribution in [2.45, 2.75) is 76.3 Å². The molecular weight excluding hydrogens is 532 g/mol. The molecule has 1 aliphatic carbocycles. The van der Waals surface area contributed by atoms with Crippen LogP contribution in [0, 0.1) is 0 Å². The first-order valence-electron chi connectivity index (χ1n) is 14.1. The fraction of sp³-hybridized carbons (Fsp3) is 0.382. The predicted octanol–water partition coefficient (Wildman–Crippen LogP) is 6.14. The van der Waals surface area contributed by atoms with E-state index >= 15 is 0 Å². The zero-order valence-corrected chi connectivity index (χ0v) is 25.8. The van der Waals surface area contributed by atoms with E-state index in [-0.39, 0.29) is 18.3 Å². The monoisotopic (exact) mass is 572 g/mol. The Morgan fingerprint density at radius 3 is 1.90 bits per heavy atom. The molecule has 0 aromatic heterocycles. The van der Waals surface area contributed by atoms with Gasteiger partial charge in [-0.1, -0.05) is 112 Å². The van der Waals surface area contributed by atoms with Gasteiger partial charge < -0.3 is 23.4 Å². The van der Waals surface area contributed by atoms with Gasteiger partial charge in [-0.3, -0.25) is 0 Å². The maximum atomic E-state index is 12.9. The second-order valence-corrected chi connectivity index (χ2v) is 16.9. The van der Waals surface area contributed by atoms with Crippen molar-refractivity contribution >= 4 is 24.8 Å². The number of carbonyl (C=O) groups is 1. The van der Waals surface area contributed by atoms with Crippen molar-refractivity contribution in [3.63, 3.8) is 0 Å². The third-order valence-corrected chi connectivity index (χ3v) is 12.9. The van der Waals surface area contributed by atoms with Crippen LogP contribution in [0.1, 0.15) is 47.1 Å². The molecule has 2 aliphatic rings. The van der Waals surface area contributed by atoms with Crippen molar-refractivity contribution in [3.05, 3.63) is 109 Å². The smallest absolute Gasteiger partial charge is 0.429 e. The highest BCUT2D eigenvalue weighted by atomic mass is 28.4. The second-order valence-electron chi connectivity index (χ2n) is 12.6. The van der Waals surface area contributed by atoms with Crippen molar-refractivity contribution in [2.24, 2.45) is 0 Å². The SMILES string of the molecule is CC1(C)O[C@@H]2[C@@](C)(OC(=O)OCc3ccccc3)C=C[C@@]2(CO[Si](c2ccccc2)(c2ccccc2)C(C)(C)C)O1. The van der Waals surface area contributed by atoms with Crippen molar-refractivity contribution in [2.75, 3.05) is 6.61 Å². The molecule has 1 saturated heterocycles. The maximum absolute atomic E-state index is 12.9. The molecule has 6 nitrogen and oxygen atoms in total. The Kier molecular flexibility index (Phi) is 7.76. The van der Waals surface area contributed by atoms with E-state index < -0.39 is 37.6 Å². The van der Waals surface area contributed by atoms with Gasteiger partial charge in [-0.15, -0.1) is 0 Å². The lowest BCUT2D eigenvalue weighted by molar-refractivity contribution is -0.171. The molecule has 0 spiro atoms. The Bertz CT molecular complexity index is 1330. The number of fused-ring (bicyclic) bond motifs is 1. The summed E-state index contributed by atoms with van der Waals surface area (Å²) in [5.74, 6) is -0.914. The van der Waals surface area contributed by atoms with E-state index in [1.807, 2.05) is 75.4 Å². The largest absolute Gasteiger partial charge is 0.509 e. The number of carbonyl (C=O) groups excluding carboxylic acids is 1. The van der Waals surface area contributed by atoms with Crippen molar-refractivity contribution in [3.8, 4) is 0 Å². The van der Waals surface area contributed by atoms with Crippen LogP contribution in [0.5, 0.6) is 0 Å². The number of hydrogen-bond acceptors (Lipinski definition) is 6. The molecule has 7 heteroatoms. The minimum atomic E-state index is -2.86. The summed E-state index contributed by atoms with van der Waals surface area (Å²) >= 11 is 0. The molecule has 41 heavy (non-hydrogen) atoms. The van der Waals surface area contributed by atoms with Gasteiger partial charge in [0.15, 0.2) is 11.4 Å². The van der Waals surface area contributed by atoms with E-state index in [1.54, 1.807) is 0 Å². The van der Waals surface area contributed by atoms with Gasteiger partial charge in [-0.05, 0) is 53.9 Å². The topological polar surface area (TPSA) is 63.2 Å². The molecule has 1 fully saturated rings. The highest BCUT2D eigenvalue weighted by Crippen LogP contribution is 2.49. The summed E-state index contributed by atoms with van der Waals surface area (Å²) in [5.41, 5.74) is -1.20. The zero-order chi connectivity index (χ0) is 29.4. The number of benzene rings is 3. The van der Waals surface area contributed by atoms with Crippen molar-refractivity contribution < 1.29 is 28.2 Å². The lowest BCUT2D eigenvalue weighted by Gasteiger charge is -2.45. The van der Waals surface area contributed by atoms with Gasteiger partial charge >= 0.3 is 6.16 Å². The summed E-state index contributed by atoms with van der Waals surface area (Å²) in [5, 5.41) is 2.14. The summed E-state index contributed by atoms with van der Waals surface area (Å²) in [4.78, 5) is 12.9. The summed E-state index contributed by atoms with van der Waals surface area (Å²) in [6.45, 7) is 12.6. The van der Waals surface area contributed by atoms with Crippen LogP contribution in [0.4, 0.5) is 4.79 Å². The molecule has 0 amide bonds. The Balaban J connectivity index is 1.44. The van der Waals surface area contributed by atoms with Crippen LogP contribution in [0.25, 0.3) is 0 Å². The zero-order valence-electron chi connectivity index (χ0n) is 24.8. The predicted molar refractivity (Wildman–Crippen MR) is 162 cm³/mol. The Morgan fingerprint density at radius 1 is 0.829 bits per heavy atom. The number of ether oxygens (including phenoxy) is 4. The highest BCUT2D eigenvalue weighted by Gasteiger charge is 2.65. The minimum Gasteiger partial charge on any atom is -0.429 e. The highest BCUT2D eigenvalue weighted by molar-refractivity contribution is 6.99. The molecule has 1 heterocycles. The normalized spacial score (nSPS) is 25.1. The average Bonchev–Trinajstić information content (AvgIpc) is 3.36. The summed E-state index contributed by atoms with van der Waals surface area (Å²) in [7, 11) is -2.86. The summed E-state index contributed by atoms with van der Waals surface area (Å²) < 4.78 is 31.7. The fourth-order valence-electron chi connectivity index (χ4n) is 6.19. The van der Waals surface area contributed by atoms with Crippen molar-refractivity contribution in [1.82, 2.24) is 0 Å². The first kappa shape index (κ1) is 29.3. The van der Waals surface area contributed by atoms with Gasteiger partial charge in [0.2, 0.25) is 0 Å². The van der Waals surface area contributed by atoms with Gasteiger partial charge in [0.05, 0.1) is 6.61 Å². The van der Waals surface area contributed by atoms with Gasteiger partial charge in [-0.2, -0.15) is 0 Å². The molecule has 3 atom stereocenters. The van der Waals surface area contributed by atoms with Gasteiger partial charge in [0.1, 0.15) is 18.3 Å². The van der Waals surface area contributed by atoms with E-state index in [0.717, 1.165) is 5.56 Å². The lowest BCUT2D eigenvalue weighted by atomic mass is 9.93. The molecule has 0 radical (unpaired) electrons. The van der Waals surface area contributed by atoms with E-state index in [0.29, 0.717) is 0 Å².